The summed E-state index contributed by atoms with van der Waals surface area (Å²) in [6.45, 7) is 21.2. The van der Waals surface area contributed by atoms with Crippen molar-refractivity contribution in [2.45, 2.75) is 117 Å². The molecule has 0 aliphatic carbocycles. The maximum atomic E-state index is 12.5. The molecule has 356 valence electrons. The Morgan fingerprint density at radius 2 is 0.500 bits per heavy atom. The Labute approximate surface area is 398 Å². The van der Waals surface area contributed by atoms with Gasteiger partial charge < -0.3 is 37.9 Å². The Bertz CT molecular complexity index is 2380. The van der Waals surface area contributed by atoms with E-state index in [0.717, 1.165) is 44.2 Å². The van der Waals surface area contributed by atoms with Crippen LogP contribution in [0.25, 0.3) is 10.8 Å². The number of ether oxygens (including phenoxy) is 8. The van der Waals surface area contributed by atoms with Gasteiger partial charge in [0.2, 0.25) is 0 Å². The zero-order valence-electron chi connectivity index (χ0n) is 40.8. The van der Waals surface area contributed by atoms with Crippen LogP contribution in [0.4, 0.5) is 19.2 Å². The number of hydrogen-bond donors (Lipinski definition) is 0. The van der Waals surface area contributed by atoms with Gasteiger partial charge in [0.1, 0.15) is 45.4 Å². The number of rotatable bonds is 10. The third kappa shape index (κ3) is 14.8. The number of carbonyl (C=O) groups is 4. The fourth-order valence-corrected chi connectivity index (χ4v) is 7.18. The lowest BCUT2D eigenvalue weighted by atomic mass is 9.82. The Morgan fingerprint density at radius 3 is 0.706 bits per heavy atom. The number of benzene rings is 6. The normalized spacial score (nSPS) is 12.0. The topological polar surface area (TPSA) is 142 Å². The highest BCUT2D eigenvalue weighted by Gasteiger charge is 2.25. The Hall–Kier alpha value is -7.34. The van der Waals surface area contributed by atoms with Gasteiger partial charge in [-0.05, 0) is 176 Å². The van der Waals surface area contributed by atoms with Crippen molar-refractivity contribution in [3.63, 3.8) is 0 Å². The smallest absolute Gasteiger partial charge is 0.428 e. The van der Waals surface area contributed by atoms with Crippen molar-refractivity contribution in [2.75, 3.05) is 0 Å². The van der Waals surface area contributed by atoms with Crippen LogP contribution in [0.5, 0.6) is 23.0 Å². The van der Waals surface area contributed by atoms with Crippen molar-refractivity contribution < 1.29 is 57.1 Å². The van der Waals surface area contributed by atoms with Crippen molar-refractivity contribution in [3.8, 4) is 23.0 Å². The second kappa shape index (κ2) is 20.3. The summed E-state index contributed by atoms with van der Waals surface area (Å²) in [7, 11) is 0. The minimum Gasteiger partial charge on any atom is -0.428 e. The minimum atomic E-state index is -0.804. The first-order valence-corrected chi connectivity index (χ1v) is 22.3. The molecule has 6 aromatic carbocycles. The second-order valence-electron chi connectivity index (χ2n) is 20.3. The lowest BCUT2D eigenvalue weighted by Gasteiger charge is -2.22. The minimum absolute atomic E-state index is 0.319. The molecule has 0 saturated heterocycles. The molecule has 0 N–H and O–H groups in total. The molecular formula is C56H60O12. The van der Waals surface area contributed by atoms with Crippen LogP contribution in [-0.2, 0) is 18.9 Å². The Balaban J connectivity index is 1.39. The molecule has 0 unspecified atom stereocenters. The van der Waals surface area contributed by atoms with E-state index in [0.29, 0.717) is 23.0 Å². The average Bonchev–Trinajstić information content (AvgIpc) is 3.20. The first-order chi connectivity index (χ1) is 31.8. The van der Waals surface area contributed by atoms with Crippen molar-refractivity contribution in [3.05, 3.63) is 167 Å². The summed E-state index contributed by atoms with van der Waals surface area (Å²) in [6, 6.07) is 41.6. The molecule has 12 heteroatoms. The summed E-state index contributed by atoms with van der Waals surface area (Å²) in [5.74, 6) is 0.661. The summed E-state index contributed by atoms with van der Waals surface area (Å²) < 4.78 is 43.4. The van der Waals surface area contributed by atoms with E-state index in [4.69, 9.17) is 37.9 Å². The summed E-state index contributed by atoms with van der Waals surface area (Å²) in [5.41, 5.74) is 2.64. The lowest BCUT2D eigenvalue weighted by Crippen LogP contribution is -2.26. The molecule has 0 heterocycles. The van der Waals surface area contributed by atoms with Gasteiger partial charge in [-0.15, -0.1) is 0 Å². The quantitative estimate of drug-likeness (QED) is 0.0558. The molecule has 0 fully saturated rings. The molecule has 6 aromatic rings. The molecule has 0 radical (unpaired) electrons. The van der Waals surface area contributed by atoms with Crippen LogP contribution in [0, 0.1) is 0 Å². The van der Waals surface area contributed by atoms with E-state index in [9.17, 15) is 19.2 Å². The average molecular weight is 925 g/mol. The first kappa shape index (κ1) is 50.1. The molecule has 0 aromatic heterocycles. The zero-order chi connectivity index (χ0) is 49.6. The highest BCUT2D eigenvalue weighted by atomic mass is 16.7. The van der Waals surface area contributed by atoms with E-state index in [2.05, 4.69) is 36.4 Å². The van der Waals surface area contributed by atoms with Gasteiger partial charge in [0.15, 0.2) is 0 Å². The highest BCUT2D eigenvalue weighted by Crippen LogP contribution is 2.39. The lowest BCUT2D eigenvalue weighted by molar-refractivity contribution is 0.0193. The largest absolute Gasteiger partial charge is 0.514 e. The summed E-state index contributed by atoms with van der Waals surface area (Å²) >= 11 is 0. The van der Waals surface area contributed by atoms with Crippen LogP contribution in [0.1, 0.15) is 128 Å². The molecule has 6 rings (SSSR count). The van der Waals surface area contributed by atoms with E-state index >= 15 is 0 Å². The summed E-state index contributed by atoms with van der Waals surface area (Å²) in [4.78, 5) is 50.0. The predicted molar refractivity (Wildman–Crippen MR) is 259 cm³/mol. The molecule has 0 saturated carbocycles. The van der Waals surface area contributed by atoms with Crippen molar-refractivity contribution in [2.24, 2.45) is 0 Å². The second-order valence-corrected chi connectivity index (χ2v) is 20.3. The Kier molecular flexibility index (Phi) is 14.9. The van der Waals surface area contributed by atoms with Gasteiger partial charge in [-0.2, -0.15) is 0 Å². The maximum Gasteiger partial charge on any atom is 0.514 e. The third-order valence-electron chi connectivity index (χ3n) is 9.77. The molecular weight excluding hydrogens is 865 g/mol. The molecule has 0 aliphatic rings. The molecule has 0 atom stereocenters. The van der Waals surface area contributed by atoms with E-state index in [1.165, 1.54) is 0 Å². The van der Waals surface area contributed by atoms with Crippen LogP contribution >= 0.6 is 0 Å². The number of fused-ring (bicyclic) bond motifs is 1. The molecule has 0 amide bonds. The van der Waals surface area contributed by atoms with Crippen LogP contribution in [0.15, 0.2) is 133 Å². The molecule has 0 spiro atoms. The van der Waals surface area contributed by atoms with Crippen LogP contribution < -0.4 is 18.9 Å². The fraction of sp³-hybridized carbons (Fsp3) is 0.321. The van der Waals surface area contributed by atoms with Gasteiger partial charge in [-0.25, -0.2) is 19.2 Å². The van der Waals surface area contributed by atoms with Crippen LogP contribution in [0.2, 0.25) is 0 Å². The predicted octanol–water partition coefficient (Wildman–Crippen LogP) is 14.5. The molecule has 0 aliphatic heterocycles. The van der Waals surface area contributed by atoms with E-state index < -0.39 is 47.0 Å². The highest BCUT2D eigenvalue weighted by molar-refractivity contribution is 5.85. The Morgan fingerprint density at radius 1 is 0.294 bits per heavy atom. The van der Waals surface area contributed by atoms with E-state index in [1.807, 2.05) is 48.5 Å². The summed E-state index contributed by atoms with van der Waals surface area (Å²) in [5, 5.41) is 1.96. The van der Waals surface area contributed by atoms with Gasteiger partial charge >= 0.3 is 24.6 Å². The van der Waals surface area contributed by atoms with Gasteiger partial charge in [0.05, 0.1) is 0 Å². The van der Waals surface area contributed by atoms with E-state index in [-0.39, 0.29) is 11.8 Å². The standard InChI is InChI=1S/C56H60O12/c1-53(2,3)65-49(57)61-43-25-17-36(18-26-43)47(37-19-27-44(28-20-37)62-50(58)66-54(4,5)6)40-15-13-35-14-16-41(34-42(35)33-40)48(38-21-29-45(30-22-38)63-51(59)67-55(7,8)9)39-23-31-46(32-24-39)64-52(60)68-56(10,11)12/h13-34,47-48H,1-12H3. The maximum absolute atomic E-state index is 12.5. The molecule has 68 heavy (non-hydrogen) atoms. The monoisotopic (exact) mass is 924 g/mol. The number of carbonyl (C=O) groups excluding carboxylic acids is 4. The van der Waals surface area contributed by atoms with E-state index in [1.54, 1.807) is 132 Å². The van der Waals surface area contributed by atoms with Gasteiger partial charge in [-0.1, -0.05) is 84.9 Å². The van der Waals surface area contributed by atoms with Crippen molar-refractivity contribution in [1.29, 1.82) is 0 Å². The van der Waals surface area contributed by atoms with Gasteiger partial charge in [0.25, 0.3) is 0 Å². The fourth-order valence-electron chi connectivity index (χ4n) is 7.18. The summed E-state index contributed by atoms with van der Waals surface area (Å²) in [6.07, 6.45) is -3.22. The van der Waals surface area contributed by atoms with Gasteiger partial charge in [0, 0.05) is 11.8 Å². The van der Waals surface area contributed by atoms with Crippen LogP contribution in [0.3, 0.4) is 0 Å². The van der Waals surface area contributed by atoms with Crippen molar-refractivity contribution in [1.82, 2.24) is 0 Å². The molecule has 12 nitrogen and oxygen atoms in total. The first-order valence-electron chi connectivity index (χ1n) is 22.3. The van der Waals surface area contributed by atoms with Gasteiger partial charge in [-0.3, -0.25) is 0 Å². The zero-order valence-corrected chi connectivity index (χ0v) is 40.8. The third-order valence-corrected chi connectivity index (χ3v) is 9.77. The SMILES string of the molecule is CC(C)(C)OC(=O)Oc1ccc(C(c2ccc(OC(=O)OC(C)(C)C)cc2)c2ccc3ccc(C(c4ccc(OC(=O)OC(C)(C)C)cc4)c4ccc(OC(=O)OC(C)(C)C)cc4)cc3c2)cc1. The number of hydrogen-bond acceptors (Lipinski definition) is 12. The van der Waals surface area contributed by atoms with Crippen LogP contribution in [-0.4, -0.2) is 47.0 Å². The molecule has 0 bridgehead atoms. The van der Waals surface area contributed by atoms with Crippen molar-refractivity contribution >= 4 is 35.4 Å².